The fourth-order valence-electron chi connectivity index (χ4n) is 0.678. The van der Waals surface area contributed by atoms with Gasteiger partial charge in [0.15, 0.2) is 11.5 Å². The summed E-state index contributed by atoms with van der Waals surface area (Å²) in [6, 6.07) is 0. The Morgan fingerprint density at radius 1 is 1.56 bits per heavy atom. The first-order valence-electron chi connectivity index (χ1n) is 4.74. The summed E-state index contributed by atoms with van der Waals surface area (Å²) in [4.78, 5) is 17.1. The van der Waals surface area contributed by atoms with E-state index in [1.54, 1.807) is 14.1 Å². The lowest BCUT2D eigenvalue weighted by Crippen LogP contribution is -2.11. The SMILES string of the molecule is C1CN1.CN(C)/N=N/c1[nH]cnc1C(N)=O. The van der Waals surface area contributed by atoms with E-state index in [0.29, 0.717) is 0 Å². The van der Waals surface area contributed by atoms with Crippen molar-refractivity contribution in [3.05, 3.63) is 12.0 Å². The van der Waals surface area contributed by atoms with Crippen LogP contribution in [0.2, 0.25) is 0 Å². The van der Waals surface area contributed by atoms with E-state index in [1.807, 2.05) is 0 Å². The van der Waals surface area contributed by atoms with Crippen LogP contribution in [-0.4, -0.2) is 48.1 Å². The van der Waals surface area contributed by atoms with Crippen LogP contribution in [0, 0.1) is 0 Å². The molecule has 0 saturated carbocycles. The first-order chi connectivity index (χ1) is 7.61. The maximum atomic E-state index is 10.8. The lowest BCUT2D eigenvalue weighted by atomic mass is 10.4. The molecular formula is C8H15N7O. The monoisotopic (exact) mass is 225 g/mol. The van der Waals surface area contributed by atoms with Crippen molar-refractivity contribution in [1.82, 2.24) is 20.3 Å². The average molecular weight is 225 g/mol. The molecule has 1 aromatic heterocycles. The Morgan fingerprint density at radius 2 is 2.19 bits per heavy atom. The molecule has 1 aliphatic heterocycles. The Balaban J connectivity index is 0.000000365. The van der Waals surface area contributed by atoms with Crippen LogP contribution in [0.5, 0.6) is 0 Å². The molecule has 0 aliphatic carbocycles. The standard InChI is InChI=1S/C6H10N6O.C2H5N/c1-12(2)11-10-6-4(5(7)13)8-3-9-6;1-2-3-1/h3H,1-2H3,(H2,7,13)(H,8,9);3H,1-2H2/b11-10+;. The number of carbonyl (C=O) groups excluding carboxylic acids is 1. The fourth-order valence-corrected chi connectivity index (χ4v) is 0.678. The summed E-state index contributed by atoms with van der Waals surface area (Å²) >= 11 is 0. The summed E-state index contributed by atoms with van der Waals surface area (Å²) in [7, 11) is 3.42. The number of nitrogens with two attached hydrogens (primary N) is 1. The van der Waals surface area contributed by atoms with Gasteiger partial charge in [-0.2, -0.15) is 0 Å². The van der Waals surface area contributed by atoms with Gasteiger partial charge in [-0.3, -0.25) is 9.80 Å². The average Bonchev–Trinajstić information content (AvgIpc) is 3.01. The molecule has 0 bridgehead atoms. The Labute approximate surface area is 92.9 Å². The van der Waals surface area contributed by atoms with Gasteiger partial charge in [-0.05, 0) is 0 Å². The molecule has 8 heteroatoms. The van der Waals surface area contributed by atoms with E-state index in [1.165, 1.54) is 24.4 Å². The van der Waals surface area contributed by atoms with Crippen LogP contribution in [-0.2, 0) is 0 Å². The third-order valence-corrected chi connectivity index (χ3v) is 1.43. The van der Waals surface area contributed by atoms with Gasteiger partial charge in [0, 0.05) is 27.2 Å². The predicted octanol–water partition coefficient (Wildman–Crippen LogP) is -0.341. The zero-order chi connectivity index (χ0) is 12.0. The van der Waals surface area contributed by atoms with Gasteiger partial charge in [-0.25, -0.2) is 4.98 Å². The molecule has 1 saturated heterocycles. The van der Waals surface area contributed by atoms with Crippen LogP contribution in [0.3, 0.4) is 0 Å². The minimum absolute atomic E-state index is 0.0885. The predicted molar refractivity (Wildman–Crippen MR) is 58.2 cm³/mol. The Kier molecular flexibility index (Phi) is 4.40. The number of primary amides is 1. The van der Waals surface area contributed by atoms with Crippen molar-refractivity contribution >= 4 is 11.7 Å². The first-order valence-corrected chi connectivity index (χ1v) is 4.74. The summed E-state index contributed by atoms with van der Waals surface area (Å²) in [6.07, 6.45) is 1.34. The van der Waals surface area contributed by atoms with E-state index >= 15 is 0 Å². The summed E-state index contributed by atoms with van der Waals surface area (Å²) < 4.78 is 0. The van der Waals surface area contributed by atoms with Crippen molar-refractivity contribution in [1.29, 1.82) is 0 Å². The van der Waals surface area contributed by atoms with Crippen LogP contribution >= 0.6 is 0 Å². The molecule has 0 spiro atoms. The largest absolute Gasteiger partial charge is 0.364 e. The number of rotatable bonds is 3. The second-order valence-corrected chi connectivity index (χ2v) is 3.25. The van der Waals surface area contributed by atoms with Crippen LogP contribution in [0.25, 0.3) is 0 Å². The Hall–Kier alpha value is -1.96. The third kappa shape index (κ3) is 4.51. The van der Waals surface area contributed by atoms with Gasteiger partial charge < -0.3 is 16.0 Å². The van der Waals surface area contributed by atoms with E-state index in [9.17, 15) is 4.79 Å². The minimum Gasteiger partial charge on any atom is -0.364 e. The molecule has 0 atom stereocenters. The van der Waals surface area contributed by atoms with E-state index in [4.69, 9.17) is 5.73 Å². The number of nitrogens with zero attached hydrogens (tertiary/aromatic N) is 4. The van der Waals surface area contributed by atoms with Crippen LogP contribution in [0.15, 0.2) is 16.7 Å². The molecule has 0 unspecified atom stereocenters. The molecule has 1 aliphatic rings. The summed E-state index contributed by atoms with van der Waals surface area (Å²) in [5, 5.41) is 11.9. The van der Waals surface area contributed by atoms with E-state index in [0.717, 1.165) is 0 Å². The normalized spacial score (nSPS) is 13.1. The van der Waals surface area contributed by atoms with E-state index in [2.05, 4.69) is 25.6 Å². The van der Waals surface area contributed by atoms with Crippen LogP contribution < -0.4 is 11.1 Å². The molecule has 8 nitrogen and oxygen atoms in total. The molecule has 0 radical (unpaired) electrons. The van der Waals surface area contributed by atoms with Crippen LogP contribution in [0.4, 0.5) is 5.82 Å². The third-order valence-electron chi connectivity index (χ3n) is 1.43. The second-order valence-electron chi connectivity index (χ2n) is 3.25. The smallest absolute Gasteiger partial charge is 0.271 e. The molecular weight excluding hydrogens is 210 g/mol. The molecule has 4 N–H and O–H groups in total. The number of amides is 1. The molecule has 88 valence electrons. The number of H-pyrrole nitrogens is 1. The van der Waals surface area contributed by atoms with Crippen molar-refractivity contribution in [2.24, 2.45) is 16.1 Å². The van der Waals surface area contributed by atoms with Gasteiger partial charge in [0.05, 0.1) is 6.33 Å². The first kappa shape index (κ1) is 12.1. The molecule has 2 heterocycles. The molecule has 1 amide bonds. The Morgan fingerprint density at radius 3 is 2.62 bits per heavy atom. The highest BCUT2D eigenvalue weighted by Gasteiger charge is 2.09. The molecule has 1 aromatic rings. The molecule has 16 heavy (non-hydrogen) atoms. The quantitative estimate of drug-likeness (QED) is 0.370. The molecule has 1 fully saturated rings. The number of hydrogen-bond acceptors (Lipinski definition) is 5. The number of aromatic nitrogens is 2. The molecule has 0 aromatic carbocycles. The van der Waals surface area contributed by atoms with Gasteiger partial charge in [0.1, 0.15) is 0 Å². The zero-order valence-electron chi connectivity index (χ0n) is 9.27. The lowest BCUT2D eigenvalue weighted by Gasteiger charge is -1.99. The Bertz CT molecular complexity index is 365. The van der Waals surface area contributed by atoms with Gasteiger partial charge in [0.2, 0.25) is 0 Å². The summed E-state index contributed by atoms with van der Waals surface area (Å²) in [5.41, 5.74) is 5.12. The second kappa shape index (κ2) is 5.81. The fraction of sp³-hybridized carbons (Fsp3) is 0.500. The maximum Gasteiger partial charge on any atom is 0.271 e. The highest BCUT2D eigenvalue weighted by molar-refractivity contribution is 5.94. The topological polar surface area (TPSA) is 122 Å². The van der Waals surface area contributed by atoms with Crippen molar-refractivity contribution in [2.45, 2.75) is 0 Å². The highest BCUT2D eigenvalue weighted by Crippen LogP contribution is 2.12. The minimum atomic E-state index is -0.631. The van der Waals surface area contributed by atoms with Crippen LogP contribution in [0.1, 0.15) is 10.5 Å². The van der Waals surface area contributed by atoms with Crippen molar-refractivity contribution in [3.63, 3.8) is 0 Å². The van der Waals surface area contributed by atoms with Gasteiger partial charge >= 0.3 is 0 Å². The van der Waals surface area contributed by atoms with E-state index in [-0.39, 0.29) is 11.5 Å². The lowest BCUT2D eigenvalue weighted by molar-refractivity contribution is 0.0996. The molecule has 2 rings (SSSR count). The van der Waals surface area contributed by atoms with Gasteiger partial charge in [-0.15, -0.1) is 5.11 Å². The van der Waals surface area contributed by atoms with E-state index < -0.39 is 5.91 Å². The van der Waals surface area contributed by atoms with Gasteiger partial charge in [0.25, 0.3) is 5.91 Å². The number of carbonyl (C=O) groups is 1. The maximum absolute atomic E-state index is 10.8. The van der Waals surface area contributed by atoms with Crippen molar-refractivity contribution in [3.8, 4) is 0 Å². The number of imidazole rings is 1. The van der Waals surface area contributed by atoms with Crippen molar-refractivity contribution < 1.29 is 4.79 Å². The summed E-state index contributed by atoms with van der Waals surface area (Å²) in [5.74, 6) is -0.366. The van der Waals surface area contributed by atoms with Gasteiger partial charge in [-0.1, -0.05) is 5.22 Å². The highest BCUT2D eigenvalue weighted by atomic mass is 16.1. The number of hydrogen-bond donors (Lipinski definition) is 3. The van der Waals surface area contributed by atoms with Crippen molar-refractivity contribution in [2.75, 3.05) is 27.2 Å². The number of nitrogens with one attached hydrogen (secondary N) is 2. The summed E-state index contributed by atoms with van der Waals surface area (Å²) in [6.45, 7) is 2.50. The number of aromatic amines is 1. The zero-order valence-corrected chi connectivity index (χ0v) is 9.27.